The van der Waals surface area contributed by atoms with Gasteiger partial charge in [-0.25, -0.2) is 43.5 Å². The second kappa shape index (κ2) is 27.5. The van der Waals surface area contributed by atoms with Crippen molar-refractivity contribution in [3.63, 3.8) is 0 Å². The van der Waals surface area contributed by atoms with Crippen LogP contribution in [0.1, 0.15) is 75.2 Å². The van der Waals surface area contributed by atoms with E-state index >= 15 is 0 Å². The van der Waals surface area contributed by atoms with Crippen LogP contribution in [0, 0.1) is 13.8 Å². The van der Waals surface area contributed by atoms with E-state index in [1.165, 1.54) is 13.1 Å². The molecule has 86 heavy (non-hydrogen) atoms. The maximum Gasteiger partial charge on any atom is 0.324 e. The number of aromatic nitrogens is 6. The summed E-state index contributed by atoms with van der Waals surface area (Å²) in [5.74, 6) is 3.39. The van der Waals surface area contributed by atoms with Gasteiger partial charge in [-0.05, 0) is 97.8 Å². The number of hydrogen-bond donors (Lipinski definition) is 7. The monoisotopic (exact) mass is 1150 g/mol. The zero-order valence-electron chi connectivity index (χ0n) is 49.7. The summed E-state index contributed by atoms with van der Waals surface area (Å²) in [5, 5.41) is 30.2. The number of hydrogen-bond acceptors (Lipinski definition) is 12. The molecule has 0 saturated carbocycles. The van der Waals surface area contributed by atoms with Gasteiger partial charge in [-0.1, -0.05) is 125 Å². The lowest BCUT2D eigenvalue weighted by atomic mass is 9.92. The lowest BCUT2D eigenvalue weighted by molar-refractivity contribution is 0.253. The summed E-state index contributed by atoms with van der Waals surface area (Å²) in [6.45, 7) is 17.2. The minimum absolute atomic E-state index is 0.184. The fourth-order valence-corrected chi connectivity index (χ4v) is 8.71. The number of nitrogens with zero attached hydrogens (tertiary/aromatic N) is 7. The van der Waals surface area contributed by atoms with Gasteiger partial charge in [-0.3, -0.25) is 16.0 Å². The van der Waals surface area contributed by atoms with Crippen LogP contribution in [0.3, 0.4) is 0 Å². The molecule has 6 aromatic carbocycles. The van der Waals surface area contributed by atoms with Gasteiger partial charge < -0.3 is 31.2 Å². The number of aliphatic imine (C=N–C) groups is 1. The second-order valence-corrected chi connectivity index (χ2v) is 22.0. The topological polar surface area (TPSA) is 259 Å². The Balaban J connectivity index is 0.000000211. The summed E-state index contributed by atoms with van der Waals surface area (Å²) in [6, 6.07) is 48.8. The summed E-state index contributed by atoms with van der Waals surface area (Å²) in [6.07, 6.45) is 4.58. The fraction of sp³-hybridized carbons (Fsp3) is 0.212. The highest BCUT2D eigenvalue weighted by Gasteiger charge is 2.24. The minimum Gasteiger partial charge on any atom is -0.488 e. The van der Waals surface area contributed by atoms with E-state index < -0.39 is 0 Å². The lowest BCUT2D eigenvalue weighted by Crippen LogP contribution is -2.25. The molecular formula is C66H70N14O6. The molecule has 0 aliphatic heterocycles. The van der Waals surface area contributed by atoms with Gasteiger partial charge in [0.25, 0.3) is 0 Å². The highest BCUT2D eigenvalue weighted by molar-refractivity contribution is 6.08. The molecule has 440 valence electrons. The maximum absolute atomic E-state index is 13.3. The van der Waals surface area contributed by atoms with Gasteiger partial charge in [0.2, 0.25) is 6.08 Å². The third-order valence-electron chi connectivity index (χ3n) is 13.3. The van der Waals surface area contributed by atoms with Crippen molar-refractivity contribution in [2.45, 2.75) is 79.4 Å². The van der Waals surface area contributed by atoms with Crippen molar-refractivity contribution in [2.24, 2.45) is 4.99 Å². The van der Waals surface area contributed by atoms with Gasteiger partial charge in [0.1, 0.15) is 48.0 Å². The number of nitrogen functional groups attached to an aromatic ring is 1. The van der Waals surface area contributed by atoms with Crippen LogP contribution in [0.2, 0.25) is 0 Å². The number of fused-ring (bicyclic) bond motifs is 2. The van der Waals surface area contributed by atoms with Gasteiger partial charge in [0.15, 0.2) is 0 Å². The summed E-state index contributed by atoms with van der Waals surface area (Å²) in [7, 11) is 2.92. The molecule has 0 spiro atoms. The Morgan fingerprint density at radius 1 is 0.535 bits per heavy atom. The van der Waals surface area contributed by atoms with Crippen LogP contribution in [0.25, 0.3) is 32.9 Å². The molecule has 20 nitrogen and oxygen atoms in total. The third-order valence-corrected chi connectivity index (χ3v) is 13.3. The number of anilines is 6. The molecule has 0 atom stereocenters. The number of amides is 6. The Morgan fingerprint density at radius 2 is 0.953 bits per heavy atom. The van der Waals surface area contributed by atoms with E-state index in [0.717, 1.165) is 66.6 Å². The number of isocyanates is 1. The Bertz CT molecular complexity index is 4060. The van der Waals surface area contributed by atoms with Crippen LogP contribution in [0.15, 0.2) is 175 Å². The average Bonchev–Trinajstić information content (AvgIpc) is 2.91. The lowest BCUT2D eigenvalue weighted by Gasteiger charge is -2.15. The van der Waals surface area contributed by atoms with Crippen LogP contribution in [0.4, 0.5) is 49.0 Å². The standard InChI is InChI=1S/C33H35N7O3.C31H32N6O2.C2H3NO/c1-21-10-12-23(13-11-21)40-30(19-28(39-40)33(2,3)4)38-32(42)36-26-14-15-27(25-9-7-6-8-24(25)26)43-20-22-16-17-35-29(18-22)37-31(41)34-5;1-20-9-11-22(12-10-20)37-29(18-27(36-37)31(2,3)4)35-30(38)34-25-13-14-26(24-8-6-5-7-23(24)25)39-19-21-15-16-33-28(32)17-21;1-3-2-4/h6-19H,20H2,1-5H3,(H2,36,38,42)(H2,34,35,37,41);5-18H,19H2,1-4H3,(H2,32,33)(H2,34,35,38);1H3. The number of nitrogens with two attached hydrogens (primary N) is 1. The van der Waals surface area contributed by atoms with E-state index in [-0.39, 0.29) is 35.5 Å². The first kappa shape index (κ1) is 61.2. The minimum atomic E-state index is -0.388. The smallest absolute Gasteiger partial charge is 0.324 e. The number of benzene rings is 6. The number of rotatable bonds is 13. The number of carbonyl (C=O) groups excluding carboxylic acids is 4. The molecule has 4 heterocycles. The van der Waals surface area contributed by atoms with Gasteiger partial charge in [0.05, 0.1) is 34.1 Å². The first-order valence-electron chi connectivity index (χ1n) is 27.6. The maximum atomic E-state index is 13.3. The zero-order valence-corrected chi connectivity index (χ0v) is 49.7. The van der Waals surface area contributed by atoms with Crippen molar-refractivity contribution >= 4 is 80.4 Å². The van der Waals surface area contributed by atoms with E-state index in [0.29, 0.717) is 52.8 Å². The van der Waals surface area contributed by atoms with Crippen LogP contribution in [-0.4, -0.2) is 67.8 Å². The fourth-order valence-electron chi connectivity index (χ4n) is 8.71. The highest BCUT2D eigenvalue weighted by atomic mass is 16.5. The Morgan fingerprint density at radius 3 is 1.36 bits per heavy atom. The molecule has 0 bridgehead atoms. The first-order valence-corrected chi connectivity index (χ1v) is 27.6. The van der Waals surface area contributed by atoms with Crippen molar-refractivity contribution in [1.82, 2.24) is 34.8 Å². The van der Waals surface area contributed by atoms with E-state index in [1.54, 1.807) is 40.9 Å². The first-order chi connectivity index (χ1) is 41.2. The predicted octanol–water partition coefficient (Wildman–Crippen LogP) is 13.8. The molecule has 4 aromatic heterocycles. The van der Waals surface area contributed by atoms with Crippen molar-refractivity contribution < 1.29 is 28.7 Å². The Labute approximate surface area is 499 Å². The molecule has 8 N–H and O–H groups in total. The molecule has 0 aliphatic carbocycles. The van der Waals surface area contributed by atoms with Crippen LogP contribution >= 0.6 is 0 Å². The molecule has 10 rings (SSSR count). The molecule has 0 aliphatic rings. The number of ether oxygens (including phenoxy) is 2. The second-order valence-electron chi connectivity index (χ2n) is 22.0. The van der Waals surface area contributed by atoms with Crippen molar-refractivity contribution in [1.29, 1.82) is 0 Å². The molecular weight excluding hydrogens is 1080 g/mol. The number of pyridine rings is 2. The zero-order chi connectivity index (χ0) is 61.5. The van der Waals surface area contributed by atoms with E-state index in [2.05, 4.69) is 88.4 Å². The molecule has 10 aromatic rings. The number of carbonyl (C=O) groups is 3. The molecule has 0 saturated heterocycles. The van der Waals surface area contributed by atoms with E-state index in [9.17, 15) is 14.4 Å². The summed E-state index contributed by atoms with van der Waals surface area (Å²) in [5.41, 5.74) is 14.2. The largest absolute Gasteiger partial charge is 0.488 e. The van der Waals surface area contributed by atoms with Crippen molar-refractivity contribution in [3.05, 3.63) is 204 Å². The van der Waals surface area contributed by atoms with Gasteiger partial charge in [0, 0.05) is 71.0 Å². The quantitative estimate of drug-likeness (QED) is 0.0422. The molecule has 6 amide bonds. The normalized spacial score (nSPS) is 11.0. The van der Waals surface area contributed by atoms with Crippen LogP contribution < -0.4 is 47.1 Å². The number of urea groups is 3. The van der Waals surface area contributed by atoms with Crippen molar-refractivity contribution in [3.8, 4) is 22.9 Å². The van der Waals surface area contributed by atoms with Gasteiger partial charge >= 0.3 is 18.1 Å². The van der Waals surface area contributed by atoms with Gasteiger partial charge in [-0.2, -0.15) is 10.2 Å². The van der Waals surface area contributed by atoms with E-state index in [1.807, 2.05) is 159 Å². The summed E-state index contributed by atoms with van der Waals surface area (Å²) < 4.78 is 15.8. The van der Waals surface area contributed by atoms with Crippen LogP contribution in [0.5, 0.6) is 11.5 Å². The predicted molar refractivity (Wildman–Crippen MR) is 341 cm³/mol. The average molecular weight is 1160 g/mol. The molecule has 0 unspecified atom stereocenters. The SMILES string of the molecule is CN=C=O.CNC(=O)Nc1cc(COc2ccc(NC(=O)Nc3cc(C(C)(C)C)nn3-c3ccc(C)cc3)c3ccccc23)ccn1.Cc1ccc(-n2nc(C(C)(C)C)cc2NC(=O)Nc2ccc(OCc3ccnc(N)c3)c3ccccc23)cc1. The third kappa shape index (κ3) is 16.0. The molecule has 0 radical (unpaired) electrons. The Hall–Kier alpha value is -10.9. The van der Waals surface area contributed by atoms with Crippen LogP contribution in [-0.2, 0) is 28.8 Å². The Kier molecular flexibility index (Phi) is 19.6. The number of aryl methyl sites for hydroxylation is 2. The summed E-state index contributed by atoms with van der Waals surface area (Å²) >= 11 is 0. The van der Waals surface area contributed by atoms with E-state index in [4.69, 9.17) is 30.2 Å². The van der Waals surface area contributed by atoms with Crippen molar-refractivity contribution in [2.75, 3.05) is 46.4 Å². The highest BCUT2D eigenvalue weighted by Crippen LogP contribution is 2.35. The summed E-state index contributed by atoms with van der Waals surface area (Å²) in [4.78, 5) is 58.2. The molecule has 20 heteroatoms. The number of nitrogens with one attached hydrogen (secondary N) is 6. The van der Waals surface area contributed by atoms with Gasteiger partial charge in [-0.15, -0.1) is 0 Å². The molecule has 0 fully saturated rings.